The van der Waals surface area contributed by atoms with E-state index >= 15 is 0 Å². The van der Waals surface area contributed by atoms with Crippen molar-refractivity contribution in [3.8, 4) is 5.75 Å². The van der Waals surface area contributed by atoms with Crippen molar-refractivity contribution in [3.05, 3.63) is 65.7 Å². The molecule has 0 spiro atoms. The molecule has 0 unspecified atom stereocenters. The molecular formula is C22H27NO3. The number of benzene rings is 2. The molecule has 4 nitrogen and oxygen atoms in total. The lowest BCUT2D eigenvalue weighted by Crippen LogP contribution is -2.35. The summed E-state index contributed by atoms with van der Waals surface area (Å²) in [5.41, 5.74) is 2.59. The molecule has 1 atom stereocenters. The maximum absolute atomic E-state index is 10.7. The van der Waals surface area contributed by atoms with Crippen LogP contribution >= 0.6 is 0 Å². The van der Waals surface area contributed by atoms with Gasteiger partial charge in [-0.3, -0.25) is 9.69 Å². The van der Waals surface area contributed by atoms with E-state index in [1.807, 2.05) is 18.2 Å². The van der Waals surface area contributed by atoms with Gasteiger partial charge in [0.15, 0.2) is 0 Å². The predicted molar refractivity (Wildman–Crippen MR) is 103 cm³/mol. The van der Waals surface area contributed by atoms with Crippen LogP contribution in [-0.4, -0.2) is 41.7 Å². The van der Waals surface area contributed by atoms with Crippen molar-refractivity contribution < 1.29 is 14.6 Å². The molecular weight excluding hydrogens is 326 g/mol. The van der Waals surface area contributed by atoms with Crippen LogP contribution in [0, 0.1) is 0 Å². The van der Waals surface area contributed by atoms with Gasteiger partial charge >= 0.3 is 5.97 Å². The summed E-state index contributed by atoms with van der Waals surface area (Å²) in [7, 11) is 0. The molecule has 26 heavy (non-hydrogen) atoms. The van der Waals surface area contributed by atoms with E-state index in [0.717, 1.165) is 38.1 Å². The van der Waals surface area contributed by atoms with E-state index in [4.69, 9.17) is 9.84 Å². The molecule has 0 amide bonds. The molecule has 1 aliphatic heterocycles. The number of likely N-dealkylation sites (tertiary alicyclic amines) is 1. The third kappa shape index (κ3) is 5.60. The first-order valence-electron chi connectivity index (χ1n) is 9.42. The van der Waals surface area contributed by atoms with Gasteiger partial charge < -0.3 is 9.84 Å². The summed E-state index contributed by atoms with van der Waals surface area (Å²) in [6, 6.07) is 19.2. The second-order valence-corrected chi connectivity index (χ2v) is 6.95. The van der Waals surface area contributed by atoms with Crippen LogP contribution in [0.25, 0.3) is 0 Å². The molecule has 3 rings (SSSR count). The van der Waals surface area contributed by atoms with E-state index in [1.165, 1.54) is 11.1 Å². The molecule has 0 aliphatic carbocycles. The minimum atomic E-state index is -0.715. The number of hydrogen-bond acceptors (Lipinski definition) is 3. The van der Waals surface area contributed by atoms with E-state index in [0.29, 0.717) is 19.1 Å². The second kappa shape index (κ2) is 9.39. The fourth-order valence-electron chi connectivity index (χ4n) is 3.54. The number of rotatable bonds is 9. The highest BCUT2D eigenvalue weighted by Crippen LogP contribution is 2.20. The molecule has 0 saturated carbocycles. The van der Waals surface area contributed by atoms with Gasteiger partial charge in [0.1, 0.15) is 12.4 Å². The fraction of sp³-hybridized carbons (Fsp3) is 0.409. The smallest absolute Gasteiger partial charge is 0.303 e. The van der Waals surface area contributed by atoms with E-state index in [2.05, 4.69) is 41.3 Å². The largest absolute Gasteiger partial charge is 0.492 e. The Balaban J connectivity index is 1.46. The molecule has 0 bridgehead atoms. The molecule has 1 heterocycles. The van der Waals surface area contributed by atoms with Gasteiger partial charge in [-0.15, -0.1) is 0 Å². The molecule has 0 aromatic heterocycles. The maximum Gasteiger partial charge on any atom is 0.303 e. The third-order valence-electron chi connectivity index (χ3n) is 4.95. The molecule has 1 aliphatic rings. The van der Waals surface area contributed by atoms with Crippen LogP contribution in [-0.2, 0) is 11.2 Å². The van der Waals surface area contributed by atoms with Gasteiger partial charge in [0, 0.05) is 12.5 Å². The summed E-state index contributed by atoms with van der Waals surface area (Å²) in [6.07, 6.45) is 4.17. The standard InChI is InChI=1S/C22H27NO3/c24-22(25)9-5-15-23-14-4-8-20(23)17-26-21-12-10-19(11-13-21)16-18-6-2-1-3-7-18/h1-3,6-7,10-13,20H,4-5,8-9,14-17H2,(H,24,25)/t20-/m0/s1. The molecule has 138 valence electrons. The highest BCUT2D eigenvalue weighted by Gasteiger charge is 2.24. The first-order chi connectivity index (χ1) is 12.7. The SMILES string of the molecule is O=C(O)CCCN1CCC[C@H]1COc1ccc(Cc2ccccc2)cc1. The number of nitrogens with zero attached hydrogens (tertiary/aromatic N) is 1. The summed E-state index contributed by atoms with van der Waals surface area (Å²) in [4.78, 5) is 13.0. The zero-order valence-electron chi connectivity index (χ0n) is 15.1. The average Bonchev–Trinajstić information content (AvgIpc) is 3.09. The van der Waals surface area contributed by atoms with Gasteiger partial charge in [-0.05, 0) is 62.0 Å². The molecule has 2 aromatic rings. The van der Waals surface area contributed by atoms with E-state index < -0.39 is 5.97 Å². The Morgan fingerprint density at radius 3 is 2.54 bits per heavy atom. The van der Waals surface area contributed by atoms with Gasteiger partial charge in [0.2, 0.25) is 0 Å². The summed E-state index contributed by atoms with van der Waals surface area (Å²) >= 11 is 0. The first-order valence-corrected chi connectivity index (χ1v) is 9.42. The average molecular weight is 353 g/mol. The highest BCUT2D eigenvalue weighted by molar-refractivity contribution is 5.66. The number of carbonyl (C=O) groups is 1. The number of carboxylic acid groups (broad SMARTS) is 1. The van der Waals surface area contributed by atoms with Crippen molar-refractivity contribution in [2.24, 2.45) is 0 Å². The predicted octanol–water partition coefficient (Wildman–Crippen LogP) is 3.99. The molecule has 2 aromatic carbocycles. The van der Waals surface area contributed by atoms with Crippen molar-refractivity contribution in [2.75, 3.05) is 19.7 Å². The van der Waals surface area contributed by atoms with Crippen molar-refractivity contribution in [2.45, 2.75) is 38.1 Å². The number of ether oxygens (including phenoxy) is 1. The Bertz CT molecular complexity index is 684. The molecule has 0 radical (unpaired) electrons. The van der Waals surface area contributed by atoms with Gasteiger partial charge in [0.05, 0.1) is 0 Å². The zero-order chi connectivity index (χ0) is 18.2. The van der Waals surface area contributed by atoms with Crippen LogP contribution in [0.3, 0.4) is 0 Å². The van der Waals surface area contributed by atoms with E-state index in [9.17, 15) is 4.79 Å². The van der Waals surface area contributed by atoms with Crippen LogP contribution in [0.1, 0.15) is 36.8 Å². The molecule has 4 heteroatoms. The zero-order valence-corrected chi connectivity index (χ0v) is 15.1. The lowest BCUT2D eigenvalue weighted by Gasteiger charge is -2.24. The monoisotopic (exact) mass is 353 g/mol. The Morgan fingerprint density at radius 1 is 1.08 bits per heavy atom. The van der Waals surface area contributed by atoms with Crippen LogP contribution in [0.15, 0.2) is 54.6 Å². The van der Waals surface area contributed by atoms with Crippen molar-refractivity contribution in [1.29, 1.82) is 0 Å². The lowest BCUT2D eigenvalue weighted by atomic mass is 10.1. The Labute approximate surface area is 155 Å². The Kier molecular flexibility index (Phi) is 6.67. The van der Waals surface area contributed by atoms with Gasteiger partial charge in [0.25, 0.3) is 0 Å². The van der Waals surface area contributed by atoms with Crippen LogP contribution in [0.4, 0.5) is 0 Å². The topological polar surface area (TPSA) is 49.8 Å². The van der Waals surface area contributed by atoms with Crippen LogP contribution in [0.5, 0.6) is 5.75 Å². The quantitative estimate of drug-likeness (QED) is 0.741. The van der Waals surface area contributed by atoms with E-state index in [-0.39, 0.29) is 6.42 Å². The maximum atomic E-state index is 10.7. The Hall–Kier alpha value is -2.33. The van der Waals surface area contributed by atoms with Gasteiger partial charge in [-0.2, -0.15) is 0 Å². The van der Waals surface area contributed by atoms with E-state index in [1.54, 1.807) is 0 Å². The normalized spacial score (nSPS) is 17.3. The first kappa shape index (κ1) is 18.5. The van der Waals surface area contributed by atoms with Crippen LogP contribution in [0.2, 0.25) is 0 Å². The summed E-state index contributed by atoms with van der Waals surface area (Å²) in [5.74, 6) is 0.187. The highest BCUT2D eigenvalue weighted by atomic mass is 16.5. The number of aliphatic carboxylic acids is 1. The van der Waals surface area contributed by atoms with Crippen molar-refractivity contribution in [3.63, 3.8) is 0 Å². The summed E-state index contributed by atoms with van der Waals surface area (Å²) < 4.78 is 5.99. The molecule has 1 N–H and O–H groups in total. The summed E-state index contributed by atoms with van der Waals surface area (Å²) in [5, 5.41) is 8.78. The fourth-order valence-corrected chi connectivity index (χ4v) is 3.54. The van der Waals surface area contributed by atoms with Gasteiger partial charge in [-0.1, -0.05) is 42.5 Å². The minimum Gasteiger partial charge on any atom is -0.492 e. The summed E-state index contributed by atoms with van der Waals surface area (Å²) in [6.45, 7) is 2.56. The van der Waals surface area contributed by atoms with Gasteiger partial charge in [-0.25, -0.2) is 0 Å². The molecule has 1 saturated heterocycles. The minimum absolute atomic E-state index is 0.243. The second-order valence-electron chi connectivity index (χ2n) is 6.95. The van der Waals surface area contributed by atoms with Crippen molar-refractivity contribution >= 4 is 5.97 Å². The third-order valence-corrected chi connectivity index (χ3v) is 4.95. The van der Waals surface area contributed by atoms with Crippen molar-refractivity contribution in [1.82, 2.24) is 4.90 Å². The number of carboxylic acids is 1. The lowest BCUT2D eigenvalue weighted by molar-refractivity contribution is -0.137. The van der Waals surface area contributed by atoms with Crippen LogP contribution < -0.4 is 4.74 Å². The number of hydrogen-bond donors (Lipinski definition) is 1. The Morgan fingerprint density at radius 2 is 1.81 bits per heavy atom. The molecule has 1 fully saturated rings.